The van der Waals surface area contributed by atoms with Gasteiger partial charge in [-0.25, -0.2) is 9.59 Å². The molecule has 0 saturated heterocycles. The first-order chi connectivity index (χ1) is 11.0. The van der Waals surface area contributed by atoms with E-state index in [1.54, 1.807) is 13.0 Å². The smallest absolute Gasteiger partial charge is 0.348 e. The van der Waals surface area contributed by atoms with E-state index in [9.17, 15) is 9.59 Å². The molecule has 0 saturated carbocycles. The number of nitrogens with zero attached hydrogens (tertiary/aromatic N) is 1. The molecule has 2 atom stereocenters. The number of esters is 2. The molecule has 0 N–H and O–H groups in total. The zero-order valence-corrected chi connectivity index (χ0v) is 16.3. The summed E-state index contributed by atoms with van der Waals surface area (Å²) in [6.45, 7) is 2.07. The minimum atomic E-state index is -0.416. The van der Waals surface area contributed by atoms with Crippen molar-refractivity contribution in [1.82, 2.24) is 4.57 Å². The summed E-state index contributed by atoms with van der Waals surface area (Å²) in [7, 11) is 1.35. The van der Waals surface area contributed by atoms with Crippen LogP contribution in [-0.2, 0) is 9.47 Å². The van der Waals surface area contributed by atoms with Gasteiger partial charge in [0.1, 0.15) is 4.88 Å². The molecule has 0 bridgehead atoms. The fraction of sp³-hybridized carbons (Fsp3) is 0.333. The third-order valence-corrected chi connectivity index (χ3v) is 7.21. The molecule has 0 aliphatic carbocycles. The lowest BCUT2D eigenvalue weighted by Crippen LogP contribution is -2.16. The third-order valence-electron chi connectivity index (χ3n) is 3.54. The minimum Gasteiger partial charge on any atom is -0.465 e. The highest BCUT2D eigenvalue weighted by atomic mass is 79.9. The van der Waals surface area contributed by atoms with Crippen LogP contribution in [0.2, 0.25) is 0 Å². The van der Waals surface area contributed by atoms with E-state index in [1.807, 2.05) is 16.8 Å². The summed E-state index contributed by atoms with van der Waals surface area (Å²) < 4.78 is 12.6. The van der Waals surface area contributed by atoms with Crippen LogP contribution in [0.1, 0.15) is 37.5 Å². The fourth-order valence-corrected chi connectivity index (χ4v) is 4.65. The lowest BCUT2D eigenvalue weighted by Gasteiger charge is -2.21. The number of carbonyl (C=O) groups is 2. The van der Waals surface area contributed by atoms with Gasteiger partial charge in [-0.05, 0) is 13.0 Å². The van der Waals surface area contributed by atoms with Crippen molar-refractivity contribution >= 4 is 71.6 Å². The second kappa shape index (κ2) is 6.41. The quantitative estimate of drug-likeness (QED) is 0.502. The molecule has 0 amide bonds. The van der Waals surface area contributed by atoms with E-state index >= 15 is 0 Å². The van der Waals surface area contributed by atoms with Crippen LogP contribution < -0.4 is 0 Å². The number of hydrogen-bond donors (Lipinski definition) is 0. The number of ether oxygens (including phenoxy) is 2. The van der Waals surface area contributed by atoms with Crippen molar-refractivity contribution in [1.29, 1.82) is 0 Å². The maximum absolute atomic E-state index is 12.3. The summed E-state index contributed by atoms with van der Waals surface area (Å²) in [5.41, 5.74) is 2.10. The number of thiophene rings is 1. The summed E-state index contributed by atoms with van der Waals surface area (Å²) in [4.78, 5) is 24.7. The summed E-state index contributed by atoms with van der Waals surface area (Å²) in [6, 6.07) is 1.76. The van der Waals surface area contributed by atoms with Crippen LogP contribution in [0.15, 0.2) is 12.1 Å². The normalized spacial score (nSPS) is 19.7. The van der Waals surface area contributed by atoms with Crippen molar-refractivity contribution in [2.24, 2.45) is 0 Å². The molecule has 0 aromatic carbocycles. The van der Waals surface area contributed by atoms with Crippen molar-refractivity contribution < 1.29 is 19.1 Å². The second-order valence-corrected chi connectivity index (χ2v) is 7.95. The number of methoxy groups -OCH3 is 1. The van der Waals surface area contributed by atoms with E-state index in [0.717, 1.165) is 15.9 Å². The van der Waals surface area contributed by atoms with Crippen LogP contribution in [-0.4, -0.2) is 35.0 Å². The van der Waals surface area contributed by atoms with E-state index in [4.69, 9.17) is 9.47 Å². The van der Waals surface area contributed by atoms with E-state index in [1.165, 1.54) is 18.4 Å². The monoisotopic (exact) mass is 461 g/mol. The van der Waals surface area contributed by atoms with Gasteiger partial charge in [-0.1, -0.05) is 37.9 Å². The summed E-state index contributed by atoms with van der Waals surface area (Å²) in [5, 5.41) is 0. The maximum atomic E-state index is 12.3. The van der Waals surface area contributed by atoms with Gasteiger partial charge in [0.15, 0.2) is 0 Å². The standard InChI is InChI=1S/C15H13Br2NO4S/c1-3-22-14(19)9-6-8-13(23-9)10(15(20)21-2)12-11(17)7(16)4-5-18(8)12/h4-7,11H,3H2,1-2H3. The van der Waals surface area contributed by atoms with E-state index < -0.39 is 5.97 Å². The van der Waals surface area contributed by atoms with Crippen molar-refractivity contribution in [3.05, 3.63) is 28.3 Å². The highest BCUT2D eigenvalue weighted by molar-refractivity contribution is 9.12. The molecule has 23 heavy (non-hydrogen) atoms. The van der Waals surface area contributed by atoms with Crippen molar-refractivity contribution in [2.45, 2.75) is 16.6 Å². The number of carbonyl (C=O) groups excluding carboxylic acids is 2. The Bertz CT molecular complexity index is 823. The molecular weight excluding hydrogens is 450 g/mol. The topological polar surface area (TPSA) is 57.5 Å². The first-order valence-electron chi connectivity index (χ1n) is 6.89. The molecule has 0 fully saturated rings. The van der Waals surface area contributed by atoms with Crippen molar-refractivity contribution in [2.75, 3.05) is 13.7 Å². The lowest BCUT2D eigenvalue weighted by molar-refractivity contribution is 0.0530. The Kier molecular flexibility index (Phi) is 4.66. The van der Waals surface area contributed by atoms with Crippen LogP contribution in [0.25, 0.3) is 16.4 Å². The van der Waals surface area contributed by atoms with E-state index in [-0.39, 0.29) is 15.6 Å². The number of rotatable bonds is 3. The number of alkyl halides is 2. The Morgan fingerprint density at radius 3 is 2.74 bits per heavy atom. The van der Waals surface area contributed by atoms with Gasteiger partial charge in [-0.2, -0.15) is 0 Å². The van der Waals surface area contributed by atoms with Crippen LogP contribution >= 0.6 is 43.2 Å². The van der Waals surface area contributed by atoms with Gasteiger partial charge in [0, 0.05) is 6.20 Å². The molecule has 1 aliphatic heterocycles. The first kappa shape index (κ1) is 16.7. The molecule has 0 spiro atoms. The fourth-order valence-electron chi connectivity index (χ4n) is 2.56. The Labute approximate surface area is 153 Å². The van der Waals surface area contributed by atoms with Gasteiger partial charge in [-0.15, -0.1) is 11.3 Å². The van der Waals surface area contributed by atoms with Crippen LogP contribution in [0.3, 0.4) is 0 Å². The predicted octanol–water partition coefficient (Wildman–Crippen LogP) is 4.35. The van der Waals surface area contributed by atoms with Crippen LogP contribution in [0.4, 0.5) is 0 Å². The zero-order valence-electron chi connectivity index (χ0n) is 12.3. The Balaban J connectivity index is 2.25. The lowest BCUT2D eigenvalue weighted by atomic mass is 10.1. The molecule has 2 unspecified atom stereocenters. The molecule has 3 rings (SSSR count). The Morgan fingerprint density at radius 2 is 2.09 bits per heavy atom. The SMILES string of the molecule is CCOC(=O)c1cc2c(s1)c(C(=O)OC)c1n2C=CC(Br)C1Br. The van der Waals surface area contributed by atoms with Gasteiger partial charge in [0.25, 0.3) is 0 Å². The zero-order chi connectivity index (χ0) is 16.7. The summed E-state index contributed by atoms with van der Waals surface area (Å²) in [6.07, 6.45) is 3.87. The number of allylic oxidation sites excluding steroid dienone is 1. The molecule has 5 nitrogen and oxygen atoms in total. The number of halogens is 2. The van der Waals surface area contributed by atoms with Crippen molar-refractivity contribution in [3.8, 4) is 0 Å². The molecular formula is C15H13Br2NO4S. The number of aromatic nitrogens is 1. The summed E-state index contributed by atoms with van der Waals surface area (Å²) in [5.74, 6) is -0.798. The molecule has 2 aromatic rings. The van der Waals surface area contributed by atoms with Gasteiger partial charge in [0.2, 0.25) is 0 Å². The molecule has 0 radical (unpaired) electrons. The van der Waals surface area contributed by atoms with Crippen LogP contribution in [0.5, 0.6) is 0 Å². The maximum Gasteiger partial charge on any atom is 0.348 e. The Hall–Kier alpha value is -1.12. The van der Waals surface area contributed by atoms with Crippen molar-refractivity contribution in [3.63, 3.8) is 0 Å². The Morgan fingerprint density at radius 1 is 1.35 bits per heavy atom. The van der Waals surface area contributed by atoms with Gasteiger partial charge in [-0.3, -0.25) is 0 Å². The molecule has 2 aromatic heterocycles. The average molecular weight is 463 g/mol. The molecule has 8 heteroatoms. The predicted molar refractivity (Wildman–Crippen MR) is 96.8 cm³/mol. The van der Waals surface area contributed by atoms with Gasteiger partial charge >= 0.3 is 11.9 Å². The van der Waals surface area contributed by atoms with Crippen LogP contribution in [0, 0.1) is 0 Å². The van der Waals surface area contributed by atoms with Gasteiger partial charge < -0.3 is 14.0 Å². The number of hydrogen-bond acceptors (Lipinski definition) is 5. The van der Waals surface area contributed by atoms with Gasteiger partial charge in [0.05, 0.1) is 44.8 Å². The highest BCUT2D eigenvalue weighted by Crippen LogP contribution is 2.44. The third kappa shape index (κ3) is 2.66. The summed E-state index contributed by atoms with van der Waals surface area (Å²) >= 11 is 8.43. The highest BCUT2D eigenvalue weighted by Gasteiger charge is 2.33. The average Bonchev–Trinajstić information content (AvgIpc) is 3.08. The molecule has 122 valence electrons. The first-order valence-corrected chi connectivity index (χ1v) is 9.53. The second-order valence-electron chi connectivity index (χ2n) is 4.86. The molecule has 3 heterocycles. The molecule has 1 aliphatic rings. The largest absolute Gasteiger partial charge is 0.465 e. The van der Waals surface area contributed by atoms with E-state index in [2.05, 4.69) is 31.9 Å². The van der Waals surface area contributed by atoms with E-state index in [0.29, 0.717) is 17.0 Å². The minimum absolute atomic E-state index is 0.0620. The number of fused-ring (bicyclic) bond motifs is 3.